The van der Waals surface area contributed by atoms with Gasteiger partial charge in [0.1, 0.15) is 45.9 Å². The molecule has 0 N–H and O–H groups in total. The molecule has 0 saturated carbocycles. The number of nitrogens with zero attached hydrogens (tertiary/aromatic N) is 2. The smallest absolute Gasteiger partial charge is 0.281 e. The van der Waals surface area contributed by atoms with Gasteiger partial charge in [0, 0.05) is 23.3 Å². The maximum atomic E-state index is 14.5. The Bertz CT molecular complexity index is 1330. The van der Waals surface area contributed by atoms with Crippen molar-refractivity contribution in [3.05, 3.63) is 94.6 Å². The Morgan fingerprint density at radius 1 is 1.09 bits per heavy atom. The van der Waals surface area contributed by atoms with Crippen molar-refractivity contribution in [1.29, 1.82) is 0 Å². The van der Waals surface area contributed by atoms with Crippen LogP contribution in [-0.2, 0) is 0 Å². The Balaban J connectivity index is 1.83. The SMILES string of the molecule is C#CCOc1cccc(C2SC(c3ccc(F)cc3)=NN2C(=O)c2c(F)cc(F)cc2F)c1OC. The first-order valence-electron chi connectivity index (χ1n) is 10.1. The number of methoxy groups -OCH3 is 1. The third kappa shape index (κ3) is 4.81. The first-order valence-corrected chi connectivity index (χ1v) is 10.9. The minimum absolute atomic E-state index is 0.0520. The highest BCUT2D eigenvalue weighted by molar-refractivity contribution is 8.14. The van der Waals surface area contributed by atoms with Crippen molar-refractivity contribution < 1.29 is 31.8 Å². The van der Waals surface area contributed by atoms with Crippen LogP contribution in [0.25, 0.3) is 0 Å². The van der Waals surface area contributed by atoms with E-state index >= 15 is 0 Å². The third-order valence-electron chi connectivity index (χ3n) is 4.95. The van der Waals surface area contributed by atoms with Crippen LogP contribution >= 0.6 is 11.8 Å². The summed E-state index contributed by atoms with van der Waals surface area (Å²) in [5, 5.41) is 4.46. The highest BCUT2D eigenvalue weighted by Gasteiger charge is 2.39. The summed E-state index contributed by atoms with van der Waals surface area (Å²) in [6, 6.07) is 11.0. The molecule has 1 aliphatic heterocycles. The molecule has 3 aromatic rings. The van der Waals surface area contributed by atoms with Crippen LogP contribution in [0.4, 0.5) is 17.6 Å². The molecule has 1 unspecified atom stereocenters. The standard InChI is InChI=1S/C25H16F4N2O3S/c1-3-11-34-20-6-4-5-17(22(20)33-2)25-31(24(32)21-18(28)12-16(27)13-19(21)29)30-23(35-25)14-7-9-15(26)10-8-14/h1,4-10,12-13,25H,11H2,2H3. The molecule has 0 aromatic heterocycles. The van der Waals surface area contributed by atoms with Gasteiger partial charge < -0.3 is 9.47 Å². The molecule has 1 aliphatic rings. The van der Waals surface area contributed by atoms with E-state index in [1.54, 1.807) is 18.2 Å². The second-order valence-electron chi connectivity index (χ2n) is 7.15. The molecule has 0 fully saturated rings. The fourth-order valence-corrected chi connectivity index (χ4v) is 4.61. The number of carbonyl (C=O) groups excluding carboxylic acids is 1. The van der Waals surface area contributed by atoms with E-state index in [0.717, 1.165) is 16.8 Å². The maximum absolute atomic E-state index is 14.5. The van der Waals surface area contributed by atoms with Crippen molar-refractivity contribution in [1.82, 2.24) is 5.01 Å². The van der Waals surface area contributed by atoms with Crippen molar-refractivity contribution in [2.24, 2.45) is 5.10 Å². The zero-order valence-electron chi connectivity index (χ0n) is 18.1. The minimum atomic E-state index is -1.38. The third-order valence-corrected chi connectivity index (χ3v) is 6.17. The lowest BCUT2D eigenvalue weighted by atomic mass is 10.1. The number of terminal acetylenes is 1. The van der Waals surface area contributed by atoms with Crippen molar-refractivity contribution in [3.8, 4) is 23.8 Å². The van der Waals surface area contributed by atoms with E-state index in [9.17, 15) is 22.4 Å². The summed E-state index contributed by atoms with van der Waals surface area (Å²) in [5.74, 6) is -2.69. The average Bonchev–Trinajstić information content (AvgIpc) is 3.27. The molecule has 5 nitrogen and oxygen atoms in total. The first kappa shape index (κ1) is 24.2. The quantitative estimate of drug-likeness (QED) is 0.331. The summed E-state index contributed by atoms with van der Waals surface area (Å²) in [4.78, 5) is 13.3. The molecule has 3 aromatic carbocycles. The number of halogens is 4. The molecular formula is C25H16F4N2O3S. The van der Waals surface area contributed by atoms with Crippen LogP contribution in [0.2, 0.25) is 0 Å². The zero-order valence-corrected chi connectivity index (χ0v) is 18.9. The molecular weight excluding hydrogens is 484 g/mol. The van der Waals surface area contributed by atoms with Crippen LogP contribution in [0, 0.1) is 35.6 Å². The fourth-order valence-electron chi connectivity index (χ4n) is 3.43. The fraction of sp³-hybridized carbons (Fsp3) is 0.120. The number of rotatable bonds is 6. The minimum Gasteiger partial charge on any atom is -0.492 e. The van der Waals surface area contributed by atoms with Gasteiger partial charge in [0.15, 0.2) is 11.5 Å². The van der Waals surface area contributed by atoms with Gasteiger partial charge >= 0.3 is 0 Å². The van der Waals surface area contributed by atoms with Crippen LogP contribution in [0.5, 0.6) is 11.5 Å². The van der Waals surface area contributed by atoms with E-state index in [4.69, 9.17) is 15.9 Å². The van der Waals surface area contributed by atoms with E-state index in [1.807, 2.05) is 0 Å². The van der Waals surface area contributed by atoms with Gasteiger partial charge in [0.05, 0.1) is 7.11 Å². The average molecular weight is 500 g/mol. The molecule has 1 heterocycles. The lowest BCUT2D eigenvalue weighted by Gasteiger charge is -2.24. The number of para-hydroxylation sites is 1. The Labute approximate surface area is 202 Å². The van der Waals surface area contributed by atoms with Crippen molar-refractivity contribution in [2.75, 3.05) is 13.7 Å². The zero-order chi connectivity index (χ0) is 25.1. The van der Waals surface area contributed by atoms with E-state index in [-0.39, 0.29) is 23.1 Å². The number of ether oxygens (including phenoxy) is 2. The molecule has 0 aliphatic carbocycles. The molecule has 0 spiro atoms. The number of hydrogen-bond acceptors (Lipinski definition) is 5. The van der Waals surface area contributed by atoms with Gasteiger partial charge in [-0.3, -0.25) is 4.79 Å². The normalized spacial score (nSPS) is 14.9. The molecule has 1 amide bonds. The number of thioether (sulfide) groups is 1. The topological polar surface area (TPSA) is 51.1 Å². The maximum Gasteiger partial charge on any atom is 0.281 e. The molecule has 1 atom stereocenters. The lowest BCUT2D eigenvalue weighted by Crippen LogP contribution is -2.28. The summed E-state index contributed by atoms with van der Waals surface area (Å²) >= 11 is 1.07. The van der Waals surface area contributed by atoms with Crippen molar-refractivity contribution in [3.63, 3.8) is 0 Å². The van der Waals surface area contributed by atoms with E-state index < -0.39 is 40.1 Å². The van der Waals surface area contributed by atoms with Crippen LogP contribution in [0.1, 0.15) is 26.9 Å². The predicted molar refractivity (Wildman–Crippen MR) is 123 cm³/mol. The number of benzene rings is 3. The van der Waals surface area contributed by atoms with Gasteiger partial charge in [-0.2, -0.15) is 5.10 Å². The van der Waals surface area contributed by atoms with Gasteiger partial charge in [0.25, 0.3) is 5.91 Å². The van der Waals surface area contributed by atoms with Gasteiger partial charge in [0.2, 0.25) is 0 Å². The molecule has 35 heavy (non-hydrogen) atoms. The van der Waals surface area contributed by atoms with Crippen LogP contribution in [0.15, 0.2) is 59.7 Å². The molecule has 4 rings (SSSR count). The molecule has 178 valence electrons. The number of amides is 1. The monoisotopic (exact) mass is 500 g/mol. The molecule has 0 saturated heterocycles. The summed E-state index contributed by atoms with van der Waals surface area (Å²) in [6.45, 7) is -0.0520. The summed E-state index contributed by atoms with van der Waals surface area (Å²) in [5.41, 5.74) is -0.112. The molecule has 10 heteroatoms. The van der Waals surface area contributed by atoms with E-state index in [0.29, 0.717) is 23.3 Å². The largest absolute Gasteiger partial charge is 0.492 e. The number of hydrazone groups is 1. The van der Waals surface area contributed by atoms with E-state index in [1.165, 1.54) is 31.4 Å². The van der Waals surface area contributed by atoms with Gasteiger partial charge in [-0.05, 0) is 30.3 Å². The van der Waals surface area contributed by atoms with Crippen LogP contribution in [0.3, 0.4) is 0 Å². The van der Waals surface area contributed by atoms with Crippen molar-refractivity contribution in [2.45, 2.75) is 5.37 Å². The highest BCUT2D eigenvalue weighted by Crippen LogP contribution is 2.47. The molecule has 0 radical (unpaired) electrons. The predicted octanol–water partition coefficient (Wildman–Crippen LogP) is 5.51. The van der Waals surface area contributed by atoms with Crippen molar-refractivity contribution >= 4 is 22.7 Å². The van der Waals surface area contributed by atoms with Gasteiger partial charge in [-0.15, -0.1) is 6.42 Å². The Hall–Kier alpha value is -3.97. The Morgan fingerprint density at radius 2 is 1.77 bits per heavy atom. The summed E-state index contributed by atoms with van der Waals surface area (Å²) in [7, 11) is 1.38. The lowest BCUT2D eigenvalue weighted by molar-refractivity contribution is 0.0737. The Morgan fingerprint density at radius 3 is 2.40 bits per heavy atom. The second kappa shape index (κ2) is 10.1. The van der Waals surface area contributed by atoms with Gasteiger partial charge in [-0.25, -0.2) is 22.6 Å². The second-order valence-corrected chi connectivity index (χ2v) is 8.22. The number of hydrogen-bond donors (Lipinski definition) is 0. The van der Waals surface area contributed by atoms with Crippen LogP contribution < -0.4 is 9.47 Å². The summed E-state index contributed by atoms with van der Waals surface area (Å²) in [6.07, 6.45) is 5.27. The first-order chi connectivity index (χ1) is 16.8. The number of carbonyl (C=O) groups is 1. The molecule has 0 bridgehead atoms. The highest BCUT2D eigenvalue weighted by atomic mass is 32.2. The van der Waals surface area contributed by atoms with E-state index in [2.05, 4.69) is 11.0 Å². The Kier molecular flexibility index (Phi) is 6.98. The van der Waals surface area contributed by atoms with Crippen LogP contribution in [-0.4, -0.2) is 29.7 Å². The van der Waals surface area contributed by atoms with Gasteiger partial charge in [-0.1, -0.05) is 29.8 Å². The summed E-state index contributed by atoms with van der Waals surface area (Å²) < 4.78 is 66.8.